The van der Waals surface area contributed by atoms with E-state index in [-0.39, 0.29) is 18.1 Å². The zero-order valence-electron chi connectivity index (χ0n) is 10.6. The van der Waals surface area contributed by atoms with Crippen LogP contribution in [0.1, 0.15) is 20.3 Å². The van der Waals surface area contributed by atoms with Crippen LogP contribution in [-0.4, -0.2) is 24.2 Å². The maximum absolute atomic E-state index is 13.5. The highest BCUT2D eigenvalue weighted by atomic mass is 19.1. The fraction of sp³-hybridized carbons (Fsp3) is 0.462. The van der Waals surface area contributed by atoms with Crippen molar-refractivity contribution in [3.8, 4) is 5.75 Å². The molecule has 0 spiro atoms. The van der Waals surface area contributed by atoms with Crippen LogP contribution in [0.2, 0.25) is 0 Å². The minimum absolute atomic E-state index is 0.0165. The second kappa shape index (κ2) is 6.83. The van der Waals surface area contributed by atoms with Crippen molar-refractivity contribution in [1.29, 1.82) is 0 Å². The molecule has 18 heavy (non-hydrogen) atoms. The molecule has 0 bridgehead atoms. The zero-order valence-corrected chi connectivity index (χ0v) is 10.6. The van der Waals surface area contributed by atoms with E-state index in [0.717, 1.165) is 0 Å². The van der Waals surface area contributed by atoms with E-state index in [1.165, 1.54) is 6.07 Å². The third-order valence-corrected chi connectivity index (χ3v) is 2.41. The van der Waals surface area contributed by atoms with Gasteiger partial charge in [-0.05, 0) is 25.0 Å². The lowest BCUT2D eigenvalue weighted by atomic mass is 10.1. The number of anilines is 1. The van der Waals surface area contributed by atoms with E-state index in [2.05, 4.69) is 5.32 Å². The molecule has 2 N–H and O–H groups in total. The number of nitrogens with one attached hydrogen (secondary N) is 1. The number of hydrogen-bond donors (Lipinski definition) is 2. The first-order chi connectivity index (χ1) is 8.52. The van der Waals surface area contributed by atoms with Crippen molar-refractivity contribution in [2.75, 3.05) is 18.5 Å². The summed E-state index contributed by atoms with van der Waals surface area (Å²) >= 11 is 0. The van der Waals surface area contributed by atoms with E-state index in [4.69, 9.17) is 9.84 Å². The molecule has 0 aromatic heterocycles. The van der Waals surface area contributed by atoms with Gasteiger partial charge in [0.05, 0.1) is 6.61 Å². The van der Waals surface area contributed by atoms with Gasteiger partial charge in [-0.3, -0.25) is 4.79 Å². The first kappa shape index (κ1) is 14.3. The van der Waals surface area contributed by atoms with Crippen molar-refractivity contribution >= 4 is 11.7 Å². The Morgan fingerprint density at radius 3 is 2.83 bits per heavy atom. The highest BCUT2D eigenvalue weighted by Gasteiger charge is 2.08. The van der Waals surface area contributed by atoms with E-state index in [1.807, 2.05) is 6.92 Å². The van der Waals surface area contributed by atoms with Gasteiger partial charge in [0, 0.05) is 24.7 Å². The summed E-state index contributed by atoms with van der Waals surface area (Å²) in [5, 5.41) is 11.6. The quantitative estimate of drug-likeness (QED) is 0.786. The van der Waals surface area contributed by atoms with Crippen LogP contribution in [0.3, 0.4) is 0 Å². The highest BCUT2D eigenvalue weighted by molar-refractivity contribution is 5.67. The maximum atomic E-state index is 13.5. The number of carboxylic acid groups (broad SMARTS) is 1. The van der Waals surface area contributed by atoms with Crippen LogP contribution in [0, 0.1) is 11.7 Å². The lowest BCUT2D eigenvalue weighted by Gasteiger charge is -2.12. The summed E-state index contributed by atoms with van der Waals surface area (Å²) < 4.78 is 18.6. The van der Waals surface area contributed by atoms with Gasteiger partial charge in [0.2, 0.25) is 0 Å². The Bertz CT molecular complexity index is 409. The second-order valence-corrected chi connectivity index (χ2v) is 4.16. The molecule has 1 rings (SSSR count). The first-order valence-electron chi connectivity index (χ1n) is 5.91. The number of hydrogen-bond acceptors (Lipinski definition) is 3. The molecule has 0 aliphatic heterocycles. The van der Waals surface area contributed by atoms with Crippen molar-refractivity contribution in [3.05, 3.63) is 24.0 Å². The fourth-order valence-corrected chi connectivity index (χ4v) is 1.55. The molecule has 1 unspecified atom stereocenters. The number of ether oxygens (including phenoxy) is 1. The Hall–Kier alpha value is -1.78. The van der Waals surface area contributed by atoms with Crippen molar-refractivity contribution in [2.24, 2.45) is 5.92 Å². The monoisotopic (exact) mass is 255 g/mol. The number of rotatable bonds is 7. The fourth-order valence-electron chi connectivity index (χ4n) is 1.55. The molecule has 0 radical (unpaired) electrons. The van der Waals surface area contributed by atoms with Crippen LogP contribution in [0.4, 0.5) is 10.1 Å². The van der Waals surface area contributed by atoms with Crippen molar-refractivity contribution in [1.82, 2.24) is 0 Å². The molecule has 0 aliphatic rings. The van der Waals surface area contributed by atoms with Crippen molar-refractivity contribution < 1.29 is 19.0 Å². The highest BCUT2D eigenvalue weighted by Crippen LogP contribution is 2.21. The summed E-state index contributed by atoms with van der Waals surface area (Å²) in [5.74, 6) is -1.05. The molecule has 5 heteroatoms. The summed E-state index contributed by atoms with van der Waals surface area (Å²) in [6.07, 6.45) is 0.0898. The van der Waals surface area contributed by atoms with Gasteiger partial charge in [-0.1, -0.05) is 6.92 Å². The summed E-state index contributed by atoms with van der Waals surface area (Å²) in [7, 11) is 0. The SMILES string of the molecule is CCOc1ccc(NCC(C)CC(=O)O)cc1F. The summed E-state index contributed by atoms with van der Waals surface area (Å²) in [6.45, 7) is 4.52. The first-order valence-corrected chi connectivity index (χ1v) is 5.91. The van der Waals surface area contributed by atoms with E-state index in [1.54, 1.807) is 19.1 Å². The molecule has 0 aliphatic carbocycles. The average molecular weight is 255 g/mol. The molecule has 0 saturated carbocycles. The number of halogens is 1. The smallest absolute Gasteiger partial charge is 0.303 e. The van der Waals surface area contributed by atoms with Crippen LogP contribution in [0.25, 0.3) is 0 Å². The van der Waals surface area contributed by atoms with Gasteiger partial charge in [-0.25, -0.2) is 4.39 Å². The number of benzene rings is 1. The topological polar surface area (TPSA) is 58.6 Å². The van der Waals surface area contributed by atoms with E-state index in [0.29, 0.717) is 18.8 Å². The second-order valence-electron chi connectivity index (χ2n) is 4.16. The Balaban J connectivity index is 2.53. The van der Waals surface area contributed by atoms with Gasteiger partial charge < -0.3 is 15.2 Å². The molecule has 0 amide bonds. The molecule has 0 saturated heterocycles. The summed E-state index contributed by atoms with van der Waals surface area (Å²) in [5.41, 5.74) is 0.619. The van der Waals surface area contributed by atoms with E-state index in [9.17, 15) is 9.18 Å². The van der Waals surface area contributed by atoms with Gasteiger partial charge in [0.15, 0.2) is 11.6 Å². The summed E-state index contributed by atoms with van der Waals surface area (Å²) in [6, 6.07) is 4.61. The Labute approximate surface area is 106 Å². The third-order valence-electron chi connectivity index (χ3n) is 2.41. The Morgan fingerprint density at radius 2 is 2.28 bits per heavy atom. The van der Waals surface area contributed by atoms with Gasteiger partial charge in [-0.15, -0.1) is 0 Å². The van der Waals surface area contributed by atoms with Gasteiger partial charge >= 0.3 is 5.97 Å². The molecular formula is C13H18FNO3. The maximum Gasteiger partial charge on any atom is 0.303 e. The zero-order chi connectivity index (χ0) is 13.5. The molecule has 1 atom stereocenters. The molecule has 1 aromatic rings. The molecular weight excluding hydrogens is 237 g/mol. The van der Waals surface area contributed by atoms with Crippen molar-refractivity contribution in [3.63, 3.8) is 0 Å². The average Bonchev–Trinajstić information content (AvgIpc) is 2.29. The van der Waals surface area contributed by atoms with Gasteiger partial charge in [-0.2, -0.15) is 0 Å². The molecule has 0 fully saturated rings. The number of carbonyl (C=O) groups is 1. The molecule has 1 aromatic carbocycles. The van der Waals surface area contributed by atoms with Crippen LogP contribution >= 0.6 is 0 Å². The number of carboxylic acids is 1. The molecule has 0 heterocycles. The minimum atomic E-state index is -0.831. The summed E-state index contributed by atoms with van der Waals surface area (Å²) in [4.78, 5) is 10.5. The van der Waals surface area contributed by atoms with Gasteiger partial charge in [0.25, 0.3) is 0 Å². The van der Waals surface area contributed by atoms with E-state index >= 15 is 0 Å². The predicted octanol–water partition coefficient (Wildman–Crippen LogP) is 2.75. The Kier molecular flexibility index (Phi) is 5.42. The largest absolute Gasteiger partial charge is 0.491 e. The van der Waals surface area contributed by atoms with Crippen LogP contribution in [-0.2, 0) is 4.79 Å². The van der Waals surface area contributed by atoms with E-state index < -0.39 is 11.8 Å². The lowest BCUT2D eigenvalue weighted by Crippen LogP contribution is -2.15. The standard InChI is InChI=1S/C13H18FNO3/c1-3-18-12-5-4-10(7-11(12)14)15-8-9(2)6-13(16)17/h4-5,7,9,15H,3,6,8H2,1-2H3,(H,16,17). The van der Waals surface area contributed by atoms with Crippen molar-refractivity contribution in [2.45, 2.75) is 20.3 Å². The minimum Gasteiger partial charge on any atom is -0.491 e. The Morgan fingerprint density at radius 1 is 1.56 bits per heavy atom. The molecule has 100 valence electrons. The molecule has 4 nitrogen and oxygen atoms in total. The normalized spacial score (nSPS) is 11.9. The van der Waals surface area contributed by atoms with Gasteiger partial charge in [0.1, 0.15) is 0 Å². The third kappa shape index (κ3) is 4.61. The number of aliphatic carboxylic acids is 1. The predicted molar refractivity (Wildman–Crippen MR) is 67.5 cm³/mol. The van der Waals surface area contributed by atoms with Crippen LogP contribution in [0.5, 0.6) is 5.75 Å². The van der Waals surface area contributed by atoms with Crippen LogP contribution in [0.15, 0.2) is 18.2 Å². The lowest BCUT2D eigenvalue weighted by molar-refractivity contribution is -0.137. The van der Waals surface area contributed by atoms with Crippen LogP contribution < -0.4 is 10.1 Å².